The molecule has 7 nitrogen and oxygen atoms in total. The highest BCUT2D eigenvalue weighted by Gasteiger charge is 2.26. The first-order chi connectivity index (χ1) is 13.3. The van der Waals surface area contributed by atoms with Crippen molar-refractivity contribution in [3.05, 3.63) is 71.5 Å². The molecule has 0 amide bonds. The molecule has 7 heteroatoms. The SMILES string of the molecule is Cn1nnc(C2CN(Cc3ccccc3OCc3ccccc3)CCO2)n1. The van der Waals surface area contributed by atoms with Crippen LogP contribution >= 0.6 is 0 Å². The summed E-state index contributed by atoms with van der Waals surface area (Å²) in [6.45, 7) is 3.61. The zero-order valence-electron chi connectivity index (χ0n) is 15.4. The second-order valence-electron chi connectivity index (χ2n) is 6.61. The number of aryl methyl sites for hydroxylation is 1. The maximum absolute atomic E-state index is 6.08. The van der Waals surface area contributed by atoms with E-state index in [-0.39, 0.29) is 6.10 Å². The fraction of sp³-hybridized carbons (Fsp3) is 0.350. The fourth-order valence-corrected chi connectivity index (χ4v) is 3.18. The Labute approximate surface area is 158 Å². The van der Waals surface area contributed by atoms with Crippen LogP contribution in [-0.2, 0) is 24.9 Å². The zero-order valence-corrected chi connectivity index (χ0v) is 15.4. The van der Waals surface area contributed by atoms with Crippen LogP contribution in [-0.4, -0.2) is 44.8 Å². The summed E-state index contributed by atoms with van der Waals surface area (Å²) >= 11 is 0. The molecule has 140 valence electrons. The number of aromatic nitrogens is 4. The molecule has 0 saturated carbocycles. The Morgan fingerprint density at radius 2 is 1.93 bits per heavy atom. The van der Waals surface area contributed by atoms with Crippen LogP contribution in [0.15, 0.2) is 54.6 Å². The Kier molecular flexibility index (Phi) is 5.41. The molecule has 1 unspecified atom stereocenters. The largest absolute Gasteiger partial charge is 0.489 e. The van der Waals surface area contributed by atoms with Crippen molar-refractivity contribution in [1.82, 2.24) is 25.1 Å². The molecule has 27 heavy (non-hydrogen) atoms. The maximum Gasteiger partial charge on any atom is 0.204 e. The van der Waals surface area contributed by atoms with Gasteiger partial charge in [-0.25, -0.2) is 0 Å². The van der Waals surface area contributed by atoms with E-state index in [1.54, 1.807) is 7.05 Å². The minimum atomic E-state index is -0.148. The lowest BCUT2D eigenvalue weighted by atomic mass is 10.1. The summed E-state index contributed by atoms with van der Waals surface area (Å²) < 4.78 is 11.9. The number of para-hydroxylation sites is 1. The molecule has 1 fully saturated rings. The monoisotopic (exact) mass is 365 g/mol. The quantitative estimate of drug-likeness (QED) is 0.668. The van der Waals surface area contributed by atoms with Crippen LogP contribution in [0.2, 0.25) is 0 Å². The number of nitrogens with zero attached hydrogens (tertiary/aromatic N) is 5. The van der Waals surface area contributed by atoms with Crippen molar-refractivity contribution in [2.75, 3.05) is 19.7 Å². The maximum atomic E-state index is 6.08. The predicted molar refractivity (Wildman–Crippen MR) is 100.0 cm³/mol. The summed E-state index contributed by atoms with van der Waals surface area (Å²) in [4.78, 5) is 3.81. The standard InChI is InChI=1S/C20H23N5O2/c1-24-22-20(21-23-24)19-14-25(11-12-26-19)13-17-9-5-6-10-18(17)27-15-16-7-3-2-4-8-16/h2-10,19H,11-15H2,1H3. The number of tetrazole rings is 1. The number of morpholine rings is 1. The molecule has 1 aliphatic rings. The number of benzene rings is 2. The van der Waals surface area contributed by atoms with Gasteiger partial charge in [0.1, 0.15) is 18.5 Å². The smallest absolute Gasteiger partial charge is 0.204 e. The Balaban J connectivity index is 1.41. The molecule has 1 aliphatic heterocycles. The van der Waals surface area contributed by atoms with Gasteiger partial charge in [0, 0.05) is 25.2 Å². The fourth-order valence-electron chi connectivity index (χ4n) is 3.18. The van der Waals surface area contributed by atoms with Crippen molar-refractivity contribution in [2.45, 2.75) is 19.3 Å². The van der Waals surface area contributed by atoms with Gasteiger partial charge in [0.2, 0.25) is 5.82 Å². The third-order valence-corrected chi connectivity index (χ3v) is 4.57. The molecule has 0 spiro atoms. The van der Waals surface area contributed by atoms with Crippen molar-refractivity contribution in [1.29, 1.82) is 0 Å². The molecule has 0 radical (unpaired) electrons. The molecular formula is C20H23N5O2. The number of hydrogen-bond donors (Lipinski definition) is 0. The minimum absolute atomic E-state index is 0.148. The van der Waals surface area contributed by atoms with E-state index in [4.69, 9.17) is 9.47 Å². The van der Waals surface area contributed by atoms with Crippen LogP contribution in [0.4, 0.5) is 0 Å². The van der Waals surface area contributed by atoms with Gasteiger partial charge in [-0.15, -0.1) is 10.2 Å². The van der Waals surface area contributed by atoms with Gasteiger partial charge >= 0.3 is 0 Å². The Hall–Kier alpha value is -2.77. The summed E-state index contributed by atoms with van der Waals surface area (Å²) in [5, 5.41) is 12.3. The molecule has 4 rings (SSSR count). The molecule has 2 heterocycles. The van der Waals surface area contributed by atoms with E-state index in [1.807, 2.05) is 36.4 Å². The Bertz CT molecular complexity index is 868. The van der Waals surface area contributed by atoms with Gasteiger partial charge in [-0.05, 0) is 16.8 Å². The molecule has 0 N–H and O–H groups in total. The van der Waals surface area contributed by atoms with E-state index < -0.39 is 0 Å². The van der Waals surface area contributed by atoms with Crippen LogP contribution in [0.25, 0.3) is 0 Å². The third-order valence-electron chi connectivity index (χ3n) is 4.57. The first-order valence-corrected chi connectivity index (χ1v) is 9.10. The lowest BCUT2D eigenvalue weighted by Crippen LogP contribution is -2.38. The first-order valence-electron chi connectivity index (χ1n) is 9.10. The Morgan fingerprint density at radius 3 is 2.74 bits per heavy atom. The van der Waals surface area contributed by atoms with E-state index in [0.717, 1.165) is 30.9 Å². The van der Waals surface area contributed by atoms with Crippen molar-refractivity contribution in [2.24, 2.45) is 7.05 Å². The molecule has 1 saturated heterocycles. The van der Waals surface area contributed by atoms with E-state index in [0.29, 0.717) is 19.0 Å². The van der Waals surface area contributed by atoms with Crippen LogP contribution < -0.4 is 4.74 Å². The van der Waals surface area contributed by atoms with Gasteiger partial charge in [0.15, 0.2) is 0 Å². The molecule has 2 aromatic carbocycles. The number of ether oxygens (including phenoxy) is 2. The van der Waals surface area contributed by atoms with E-state index in [9.17, 15) is 0 Å². The third kappa shape index (κ3) is 4.50. The molecule has 1 aromatic heterocycles. The predicted octanol–water partition coefficient (Wildman–Crippen LogP) is 2.36. The average molecular weight is 365 g/mol. The number of rotatable bonds is 6. The molecule has 0 bridgehead atoms. The second kappa shape index (κ2) is 8.28. The van der Waals surface area contributed by atoms with Crippen LogP contribution in [0.3, 0.4) is 0 Å². The van der Waals surface area contributed by atoms with Crippen LogP contribution in [0.5, 0.6) is 5.75 Å². The first kappa shape index (κ1) is 17.6. The molecular weight excluding hydrogens is 342 g/mol. The summed E-state index contributed by atoms with van der Waals surface area (Å²) in [6.07, 6.45) is -0.148. The topological polar surface area (TPSA) is 65.3 Å². The van der Waals surface area contributed by atoms with Gasteiger partial charge < -0.3 is 9.47 Å². The Morgan fingerprint density at radius 1 is 1.11 bits per heavy atom. The van der Waals surface area contributed by atoms with Gasteiger partial charge in [-0.3, -0.25) is 4.90 Å². The highest BCUT2D eigenvalue weighted by molar-refractivity contribution is 5.33. The molecule has 0 aliphatic carbocycles. The average Bonchev–Trinajstić information content (AvgIpc) is 3.15. The van der Waals surface area contributed by atoms with Crippen molar-refractivity contribution in [3.63, 3.8) is 0 Å². The van der Waals surface area contributed by atoms with E-state index in [2.05, 4.69) is 38.5 Å². The van der Waals surface area contributed by atoms with Crippen LogP contribution in [0.1, 0.15) is 23.1 Å². The minimum Gasteiger partial charge on any atom is -0.489 e. The van der Waals surface area contributed by atoms with Crippen LogP contribution in [0, 0.1) is 0 Å². The van der Waals surface area contributed by atoms with Crippen molar-refractivity contribution in [3.8, 4) is 5.75 Å². The van der Waals surface area contributed by atoms with Gasteiger partial charge in [0.25, 0.3) is 0 Å². The van der Waals surface area contributed by atoms with E-state index >= 15 is 0 Å². The van der Waals surface area contributed by atoms with Gasteiger partial charge in [-0.1, -0.05) is 48.5 Å². The zero-order chi connectivity index (χ0) is 18.5. The highest BCUT2D eigenvalue weighted by atomic mass is 16.5. The summed E-state index contributed by atoms with van der Waals surface area (Å²) in [5.41, 5.74) is 2.33. The normalized spacial score (nSPS) is 17.7. The summed E-state index contributed by atoms with van der Waals surface area (Å²) in [5.74, 6) is 1.55. The molecule has 3 aromatic rings. The number of hydrogen-bond acceptors (Lipinski definition) is 6. The van der Waals surface area contributed by atoms with Gasteiger partial charge in [-0.2, -0.15) is 4.80 Å². The second-order valence-corrected chi connectivity index (χ2v) is 6.61. The summed E-state index contributed by atoms with van der Waals surface area (Å²) in [6, 6.07) is 18.4. The lowest BCUT2D eigenvalue weighted by molar-refractivity contribution is -0.0375. The van der Waals surface area contributed by atoms with Crippen molar-refractivity contribution < 1.29 is 9.47 Å². The van der Waals surface area contributed by atoms with E-state index in [1.165, 1.54) is 10.4 Å². The molecule has 1 atom stereocenters. The summed E-state index contributed by atoms with van der Waals surface area (Å²) in [7, 11) is 1.76. The lowest BCUT2D eigenvalue weighted by Gasteiger charge is -2.31. The van der Waals surface area contributed by atoms with Crippen molar-refractivity contribution >= 4 is 0 Å². The van der Waals surface area contributed by atoms with Gasteiger partial charge in [0.05, 0.1) is 13.7 Å². The highest BCUT2D eigenvalue weighted by Crippen LogP contribution is 2.24.